The van der Waals surface area contributed by atoms with Gasteiger partial charge in [0.1, 0.15) is 0 Å². The fraction of sp³-hybridized carbons (Fsp3) is 0.714. The van der Waals surface area contributed by atoms with Gasteiger partial charge in [0.05, 0.1) is 6.54 Å². The third kappa shape index (κ3) is 4.02. The minimum absolute atomic E-state index is 0.111. The van der Waals surface area contributed by atoms with E-state index in [1.54, 1.807) is 0 Å². The van der Waals surface area contributed by atoms with Crippen LogP contribution < -0.4 is 5.32 Å². The summed E-state index contributed by atoms with van der Waals surface area (Å²) >= 11 is 0.703. The van der Waals surface area contributed by atoms with Crippen LogP contribution in [0.15, 0.2) is 6.20 Å². The van der Waals surface area contributed by atoms with E-state index in [2.05, 4.69) is 15.2 Å². The molecule has 5 nitrogen and oxygen atoms in total. The summed E-state index contributed by atoms with van der Waals surface area (Å²) in [7, 11) is 0. The topological polar surface area (TPSA) is 48.5 Å². The van der Waals surface area contributed by atoms with Gasteiger partial charge in [-0.2, -0.15) is 13.2 Å². The average Bonchev–Trinajstić information content (AvgIpc) is 2.97. The quantitative estimate of drug-likeness (QED) is 0.901. The number of alkyl halides is 3. The number of aromatic nitrogens is 1. The maximum absolute atomic E-state index is 12.6. The average molecular weight is 348 g/mol. The maximum atomic E-state index is 12.6. The molecule has 1 aromatic rings. The van der Waals surface area contributed by atoms with E-state index in [0.29, 0.717) is 42.4 Å². The second-order valence-corrected chi connectivity index (χ2v) is 7.04. The minimum atomic E-state index is -4.37. The van der Waals surface area contributed by atoms with E-state index in [1.165, 1.54) is 6.20 Å². The molecular formula is C14H19F3N4OS. The van der Waals surface area contributed by atoms with Crippen LogP contribution in [0, 0.1) is 0 Å². The summed E-state index contributed by atoms with van der Waals surface area (Å²) in [5.41, 5.74) is 0. The van der Waals surface area contributed by atoms with Crippen molar-refractivity contribution in [2.24, 2.45) is 0 Å². The first-order valence-electron chi connectivity index (χ1n) is 7.68. The van der Waals surface area contributed by atoms with Crippen LogP contribution in [-0.4, -0.2) is 59.5 Å². The summed E-state index contributed by atoms with van der Waals surface area (Å²) in [6, 6.07) is 0.161. The molecular weight excluding hydrogens is 329 g/mol. The minimum Gasteiger partial charge on any atom is -0.336 e. The molecule has 128 valence electrons. The number of halogens is 3. The lowest BCUT2D eigenvalue weighted by Crippen LogP contribution is -2.56. The molecule has 1 aromatic heterocycles. The van der Waals surface area contributed by atoms with Crippen molar-refractivity contribution in [3.63, 3.8) is 0 Å². The van der Waals surface area contributed by atoms with Gasteiger partial charge in [-0.05, 0) is 19.4 Å². The predicted molar refractivity (Wildman–Crippen MR) is 80.0 cm³/mol. The zero-order valence-corrected chi connectivity index (χ0v) is 13.4. The number of hydrogen-bond acceptors (Lipinski definition) is 5. The Bertz CT molecular complexity index is 562. The van der Waals surface area contributed by atoms with E-state index in [0.717, 1.165) is 25.9 Å². The normalized spacial score (nSPS) is 24.2. The Hall–Kier alpha value is -1.19. The van der Waals surface area contributed by atoms with Crippen LogP contribution in [0.5, 0.6) is 0 Å². The summed E-state index contributed by atoms with van der Waals surface area (Å²) < 4.78 is 37.8. The van der Waals surface area contributed by atoms with Gasteiger partial charge in [0, 0.05) is 43.3 Å². The summed E-state index contributed by atoms with van der Waals surface area (Å²) in [5.74, 6) is 0.111. The zero-order chi connectivity index (χ0) is 16.4. The number of piperidine rings is 1. The number of rotatable bonds is 3. The van der Waals surface area contributed by atoms with Gasteiger partial charge in [0.15, 0.2) is 5.01 Å². The lowest BCUT2D eigenvalue weighted by molar-refractivity contribution is -0.137. The van der Waals surface area contributed by atoms with Crippen molar-refractivity contribution in [3.8, 4) is 0 Å². The number of nitrogens with zero attached hydrogens (tertiary/aromatic N) is 3. The molecule has 1 unspecified atom stereocenters. The highest BCUT2D eigenvalue weighted by Gasteiger charge is 2.35. The fourth-order valence-electron chi connectivity index (χ4n) is 3.17. The van der Waals surface area contributed by atoms with Crippen molar-refractivity contribution in [1.82, 2.24) is 20.1 Å². The number of amides is 1. The number of nitrogens with one attached hydrogen (secondary N) is 1. The number of hydrogen-bond donors (Lipinski definition) is 1. The monoisotopic (exact) mass is 348 g/mol. The molecule has 2 fully saturated rings. The van der Waals surface area contributed by atoms with Crippen LogP contribution in [0.4, 0.5) is 13.2 Å². The molecule has 2 saturated heterocycles. The Kier molecular flexibility index (Phi) is 4.88. The third-order valence-corrected chi connectivity index (χ3v) is 5.25. The van der Waals surface area contributed by atoms with Gasteiger partial charge in [-0.15, -0.1) is 11.3 Å². The number of likely N-dealkylation sites (tertiary alicyclic amines) is 1. The van der Waals surface area contributed by atoms with Gasteiger partial charge < -0.3 is 10.2 Å². The summed E-state index contributed by atoms with van der Waals surface area (Å²) in [6.45, 7) is 3.90. The molecule has 1 atom stereocenters. The molecule has 3 heterocycles. The maximum Gasteiger partial charge on any atom is 0.443 e. The highest BCUT2D eigenvalue weighted by atomic mass is 32.1. The van der Waals surface area contributed by atoms with Gasteiger partial charge in [-0.3, -0.25) is 9.69 Å². The first-order chi connectivity index (χ1) is 10.9. The molecule has 2 aliphatic heterocycles. The number of carbonyl (C=O) groups excluding carboxylic acids is 1. The molecule has 0 aliphatic carbocycles. The highest BCUT2D eigenvalue weighted by molar-refractivity contribution is 7.11. The van der Waals surface area contributed by atoms with Crippen molar-refractivity contribution in [3.05, 3.63) is 16.1 Å². The molecule has 0 saturated carbocycles. The van der Waals surface area contributed by atoms with Gasteiger partial charge >= 0.3 is 6.18 Å². The summed E-state index contributed by atoms with van der Waals surface area (Å²) in [5, 5.41) is 2.26. The Labute approximate surface area is 136 Å². The Morgan fingerprint density at radius 2 is 2.22 bits per heavy atom. The fourth-order valence-corrected chi connectivity index (χ4v) is 3.99. The zero-order valence-electron chi connectivity index (χ0n) is 12.6. The van der Waals surface area contributed by atoms with E-state index in [-0.39, 0.29) is 11.9 Å². The number of thiazole rings is 1. The predicted octanol–water partition coefficient (Wildman–Crippen LogP) is 1.56. The van der Waals surface area contributed by atoms with Crippen molar-refractivity contribution >= 4 is 17.2 Å². The van der Waals surface area contributed by atoms with Crippen molar-refractivity contribution in [2.75, 3.05) is 32.7 Å². The van der Waals surface area contributed by atoms with Gasteiger partial charge in [-0.25, -0.2) is 4.98 Å². The van der Waals surface area contributed by atoms with Crippen molar-refractivity contribution in [1.29, 1.82) is 0 Å². The van der Waals surface area contributed by atoms with Gasteiger partial charge in [-0.1, -0.05) is 0 Å². The molecule has 0 spiro atoms. The van der Waals surface area contributed by atoms with Crippen LogP contribution in [-0.2, 0) is 17.5 Å². The first kappa shape index (κ1) is 16.7. The summed E-state index contributed by atoms with van der Waals surface area (Å²) in [6.07, 6.45) is -1.15. The molecule has 0 radical (unpaired) electrons. The van der Waals surface area contributed by atoms with Crippen LogP contribution in [0.1, 0.15) is 22.7 Å². The molecule has 1 N–H and O–H groups in total. The Morgan fingerprint density at radius 1 is 1.39 bits per heavy atom. The number of piperazine rings is 1. The second kappa shape index (κ2) is 6.74. The van der Waals surface area contributed by atoms with E-state index in [4.69, 9.17) is 0 Å². The molecule has 0 aromatic carbocycles. The summed E-state index contributed by atoms with van der Waals surface area (Å²) in [4.78, 5) is 20.1. The van der Waals surface area contributed by atoms with Crippen molar-refractivity contribution in [2.45, 2.75) is 31.6 Å². The van der Waals surface area contributed by atoms with Crippen LogP contribution >= 0.6 is 11.3 Å². The van der Waals surface area contributed by atoms with E-state index in [1.807, 2.05) is 4.90 Å². The SMILES string of the molecule is O=C1CNCCN1C1CCCN(Cc2cnc(C(F)(F)F)s2)C1. The van der Waals surface area contributed by atoms with Crippen LogP contribution in [0.25, 0.3) is 0 Å². The second-order valence-electron chi connectivity index (χ2n) is 5.92. The van der Waals surface area contributed by atoms with E-state index in [9.17, 15) is 18.0 Å². The molecule has 9 heteroatoms. The molecule has 3 rings (SSSR count). The van der Waals surface area contributed by atoms with E-state index >= 15 is 0 Å². The third-order valence-electron chi connectivity index (χ3n) is 4.22. The molecule has 23 heavy (non-hydrogen) atoms. The highest BCUT2D eigenvalue weighted by Crippen LogP contribution is 2.33. The Balaban J connectivity index is 1.60. The van der Waals surface area contributed by atoms with E-state index < -0.39 is 11.2 Å². The largest absolute Gasteiger partial charge is 0.443 e. The number of carbonyl (C=O) groups is 1. The van der Waals surface area contributed by atoms with Crippen molar-refractivity contribution < 1.29 is 18.0 Å². The standard InChI is InChI=1S/C14H19F3N4OS/c15-14(16,17)13-19-6-11(23-13)9-20-4-1-2-10(8-20)21-5-3-18-7-12(21)22/h6,10,18H,1-5,7-9H2. The van der Waals surface area contributed by atoms with Gasteiger partial charge in [0.2, 0.25) is 5.91 Å². The smallest absolute Gasteiger partial charge is 0.336 e. The lowest BCUT2D eigenvalue weighted by atomic mass is 10.0. The Morgan fingerprint density at radius 3 is 2.91 bits per heavy atom. The van der Waals surface area contributed by atoms with Crippen LogP contribution in [0.3, 0.4) is 0 Å². The first-order valence-corrected chi connectivity index (χ1v) is 8.49. The molecule has 1 amide bonds. The lowest BCUT2D eigenvalue weighted by Gasteiger charge is -2.41. The molecule has 2 aliphatic rings. The van der Waals surface area contributed by atoms with Crippen LogP contribution in [0.2, 0.25) is 0 Å². The molecule has 0 bridgehead atoms. The van der Waals surface area contributed by atoms with Gasteiger partial charge in [0.25, 0.3) is 0 Å².